The second kappa shape index (κ2) is 9.83. The fourth-order valence-corrected chi connectivity index (χ4v) is 8.74. The second-order valence-corrected chi connectivity index (χ2v) is 14.1. The summed E-state index contributed by atoms with van der Waals surface area (Å²) in [4.78, 5) is 7.05. The number of para-hydroxylation sites is 1. The van der Waals surface area contributed by atoms with Crippen molar-refractivity contribution in [3.8, 4) is 22.3 Å². The van der Waals surface area contributed by atoms with E-state index in [2.05, 4.69) is 174 Å². The van der Waals surface area contributed by atoms with Crippen LogP contribution in [0.5, 0.6) is 0 Å². The third kappa shape index (κ3) is 3.62. The second-order valence-electron chi connectivity index (χ2n) is 14.1. The van der Waals surface area contributed by atoms with Crippen molar-refractivity contribution in [2.45, 2.75) is 19.3 Å². The van der Waals surface area contributed by atoms with Crippen molar-refractivity contribution in [2.24, 2.45) is 0 Å². The summed E-state index contributed by atoms with van der Waals surface area (Å²) in [6.07, 6.45) is 1.56. The fourth-order valence-electron chi connectivity index (χ4n) is 8.74. The maximum absolute atomic E-state index is 6.00. The molecule has 0 radical (unpaired) electrons. The topological polar surface area (TPSA) is 33.7 Å². The van der Waals surface area contributed by atoms with E-state index in [9.17, 15) is 0 Å². The lowest BCUT2D eigenvalue weighted by Gasteiger charge is -2.28. The van der Waals surface area contributed by atoms with Crippen molar-refractivity contribution in [2.75, 3.05) is 4.90 Å². The Morgan fingerprint density at radius 1 is 0.560 bits per heavy atom. The summed E-state index contributed by atoms with van der Waals surface area (Å²) < 4.78 is 8.40. The number of nitrogens with zero attached hydrogens (tertiary/aromatic N) is 3. The number of hydrogen-bond donors (Lipinski definition) is 0. The summed E-state index contributed by atoms with van der Waals surface area (Å²) in [5.74, 6) is 0. The Hall–Kier alpha value is -6.39. The van der Waals surface area contributed by atoms with Crippen LogP contribution in [-0.2, 0) is 5.41 Å². The zero-order chi connectivity index (χ0) is 33.1. The smallest absolute Gasteiger partial charge is 0.182 e. The minimum atomic E-state index is -0.110. The molecule has 1 aliphatic rings. The van der Waals surface area contributed by atoms with Gasteiger partial charge in [-0.15, -0.1) is 0 Å². The molecule has 4 nitrogen and oxygen atoms in total. The van der Waals surface area contributed by atoms with Gasteiger partial charge >= 0.3 is 0 Å². The highest BCUT2D eigenvalue weighted by Crippen LogP contribution is 2.51. The van der Waals surface area contributed by atoms with E-state index in [1.165, 1.54) is 66.1 Å². The van der Waals surface area contributed by atoms with Gasteiger partial charge in [-0.05, 0) is 88.0 Å². The number of anilines is 3. The molecule has 3 heterocycles. The van der Waals surface area contributed by atoms with Gasteiger partial charge in [0.15, 0.2) is 12.0 Å². The lowest BCUT2D eigenvalue weighted by molar-refractivity contribution is 0.605. The summed E-state index contributed by atoms with van der Waals surface area (Å²) >= 11 is 0. The summed E-state index contributed by atoms with van der Waals surface area (Å²) in [7, 11) is 0. The molecule has 7 aromatic carbocycles. The van der Waals surface area contributed by atoms with E-state index in [1.807, 2.05) is 0 Å². The van der Waals surface area contributed by atoms with Crippen molar-refractivity contribution in [3.63, 3.8) is 0 Å². The van der Waals surface area contributed by atoms with Gasteiger partial charge in [0.25, 0.3) is 0 Å². The summed E-state index contributed by atoms with van der Waals surface area (Å²) in [6, 6.07) is 53.1. The monoisotopic (exact) mass is 641 g/mol. The number of rotatable bonds is 4. The predicted octanol–water partition coefficient (Wildman–Crippen LogP) is 12.4. The maximum Gasteiger partial charge on any atom is 0.182 e. The van der Waals surface area contributed by atoms with Crippen molar-refractivity contribution in [1.29, 1.82) is 0 Å². The van der Waals surface area contributed by atoms with Gasteiger partial charge < -0.3 is 13.7 Å². The number of benzene rings is 7. The third-order valence-corrected chi connectivity index (χ3v) is 11.0. The first-order chi connectivity index (χ1) is 24.6. The SMILES string of the molecule is CC1(C)c2ccccc2-c2ccc(N(c3cccc(-c4ccccc4)c3)c3ccc4c(c3)c3cc5ncoc5c5c6ccccc6n4c35)cc21. The van der Waals surface area contributed by atoms with Crippen molar-refractivity contribution >= 4 is 66.3 Å². The van der Waals surface area contributed by atoms with Gasteiger partial charge in [0.05, 0.1) is 21.9 Å². The molecule has 10 aromatic rings. The van der Waals surface area contributed by atoms with Crippen LogP contribution in [0.15, 0.2) is 156 Å². The highest BCUT2D eigenvalue weighted by molar-refractivity contribution is 6.30. The van der Waals surface area contributed by atoms with Crippen LogP contribution >= 0.6 is 0 Å². The lowest BCUT2D eigenvalue weighted by atomic mass is 9.82. The molecule has 11 rings (SSSR count). The lowest BCUT2D eigenvalue weighted by Crippen LogP contribution is -2.16. The molecule has 0 aliphatic heterocycles. The summed E-state index contributed by atoms with van der Waals surface area (Å²) in [6.45, 7) is 4.70. The highest BCUT2D eigenvalue weighted by Gasteiger charge is 2.36. The molecule has 236 valence electrons. The van der Waals surface area contributed by atoms with Gasteiger partial charge in [0.1, 0.15) is 5.52 Å². The van der Waals surface area contributed by atoms with E-state index < -0.39 is 0 Å². The van der Waals surface area contributed by atoms with Crippen LogP contribution in [0, 0.1) is 0 Å². The molecule has 0 bridgehead atoms. The normalized spacial score (nSPS) is 13.6. The number of aromatic nitrogens is 2. The van der Waals surface area contributed by atoms with E-state index in [-0.39, 0.29) is 5.41 Å². The Labute approximate surface area is 288 Å². The Balaban J connectivity index is 1.18. The summed E-state index contributed by atoms with van der Waals surface area (Å²) in [5.41, 5.74) is 16.2. The molecule has 0 saturated heterocycles. The molecule has 0 N–H and O–H groups in total. The molecule has 1 aliphatic carbocycles. The molecule has 3 aromatic heterocycles. The maximum atomic E-state index is 6.00. The number of hydrogen-bond acceptors (Lipinski definition) is 3. The van der Waals surface area contributed by atoms with Crippen molar-refractivity contribution in [3.05, 3.63) is 163 Å². The van der Waals surface area contributed by atoms with Gasteiger partial charge in [0, 0.05) is 38.6 Å². The van der Waals surface area contributed by atoms with Crippen molar-refractivity contribution in [1.82, 2.24) is 9.38 Å². The Bertz CT molecular complexity index is 2970. The van der Waals surface area contributed by atoms with E-state index in [0.29, 0.717) is 0 Å². The highest BCUT2D eigenvalue weighted by atomic mass is 16.3. The van der Waals surface area contributed by atoms with Crippen LogP contribution in [-0.4, -0.2) is 9.38 Å². The van der Waals surface area contributed by atoms with E-state index in [4.69, 9.17) is 4.42 Å². The van der Waals surface area contributed by atoms with Gasteiger partial charge in [0.2, 0.25) is 0 Å². The fraction of sp³-hybridized carbons (Fsp3) is 0.0652. The van der Waals surface area contributed by atoms with E-state index in [0.717, 1.165) is 33.5 Å². The van der Waals surface area contributed by atoms with Gasteiger partial charge in [-0.25, -0.2) is 4.98 Å². The molecule has 4 heteroatoms. The zero-order valence-corrected chi connectivity index (χ0v) is 27.7. The van der Waals surface area contributed by atoms with Gasteiger partial charge in [-0.3, -0.25) is 0 Å². The molecular formula is C46H31N3O. The molecule has 0 saturated carbocycles. The standard InChI is InChI=1S/C46H31N3O/c1-46(2)38-17-8-6-15-33(38)34-21-19-32(25-39(34)46)48(30-14-10-13-29(23-30)28-11-4-3-5-12-28)31-20-22-42-36(24-31)37-26-40-45(50-27-47-40)43-35-16-7-9-18-41(35)49(42)44(37)43/h3-27H,1-2H3. The minimum absolute atomic E-state index is 0.110. The van der Waals surface area contributed by atoms with Crippen LogP contribution in [0.2, 0.25) is 0 Å². The first-order valence-corrected chi connectivity index (χ1v) is 17.2. The minimum Gasteiger partial charge on any atom is -0.443 e. The van der Waals surface area contributed by atoms with Crippen LogP contribution in [0.1, 0.15) is 25.0 Å². The van der Waals surface area contributed by atoms with Crippen LogP contribution < -0.4 is 4.90 Å². The molecule has 50 heavy (non-hydrogen) atoms. The average Bonchev–Trinajstić information content (AvgIpc) is 3.90. The Morgan fingerprint density at radius 2 is 1.28 bits per heavy atom. The first-order valence-electron chi connectivity index (χ1n) is 17.2. The quantitative estimate of drug-likeness (QED) is 0.192. The molecule has 0 atom stereocenters. The van der Waals surface area contributed by atoms with Crippen LogP contribution in [0.4, 0.5) is 17.1 Å². The molecule has 0 fully saturated rings. The number of fused-ring (bicyclic) bond motifs is 11. The third-order valence-electron chi connectivity index (χ3n) is 11.0. The zero-order valence-electron chi connectivity index (χ0n) is 27.7. The molecule has 0 amide bonds. The van der Waals surface area contributed by atoms with Crippen molar-refractivity contribution < 1.29 is 4.42 Å². The molecular weight excluding hydrogens is 611 g/mol. The van der Waals surface area contributed by atoms with Gasteiger partial charge in [-0.2, -0.15) is 0 Å². The number of oxazole rings is 1. The summed E-state index contributed by atoms with van der Waals surface area (Å²) in [5, 5.41) is 4.67. The average molecular weight is 642 g/mol. The van der Waals surface area contributed by atoms with E-state index >= 15 is 0 Å². The molecule has 0 unspecified atom stereocenters. The van der Waals surface area contributed by atoms with E-state index in [1.54, 1.807) is 6.39 Å². The van der Waals surface area contributed by atoms with Gasteiger partial charge in [-0.1, -0.05) is 105 Å². The molecule has 0 spiro atoms. The van der Waals surface area contributed by atoms with Crippen LogP contribution in [0.25, 0.3) is 71.4 Å². The Morgan fingerprint density at radius 3 is 2.20 bits per heavy atom. The Kier molecular flexibility index (Phi) is 5.42. The van der Waals surface area contributed by atoms with Crippen LogP contribution in [0.3, 0.4) is 0 Å². The predicted molar refractivity (Wildman–Crippen MR) is 206 cm³/mol. The first kappa shape index (κ1) is 27.5. The largest absolute Gasteiger partial charge is 0.443 e.